The summed E-state index contributed by atoms with van der Waals surface area (Å²) >= 11 is 5.57. The third-order valence-corrected chi connectivity index (χ3v) is 1.83. The first-order chi connectivity index (χ1) is 4.20. The van der Waals surface area contributed by atoms with Crippen molar-refractivity contribution in [1.82, 2.24) is 0 Å². The Morgan fingerprint density at radius 3 is 2.56 bits per heavy atom. The van der Waals surface area contributed by atoms with E-state index in [0.29, 0.717) is 10.2 Å². The first-order valence-electron chi connectivity index (χ1n) is 2.37. The third-order valence-electron chi connectivity index (χ3n) is 0.928. The average Bonchev–Trinajstić information content (AvgIpc) is 1.80. The van der Waals surface area contributed by atoms with E-state index < -0.39 is 0 Å². The van der Waals surface area contributed by atoms with Crippen LogP contribution >= 0.6 is 11.6 Å². The Bertz CT molecular complexity index is 224. The van der Waals surface area contributed by atoms with Gasteiger partial charge in [0.2, 0.25) is 0 Å². The average molecular weight is 158 g/mol. The highest BCUT2D eigenvalue weighted by atomic mass is 35.5. The largest absolute Gasteiger partial charge is 0.207 e. The van der Waals surface area contributed by atoms with Crippen molar-refractivity contribution >= 4 is 27.0 Å². The molecule has 0 amide bonds. The van der Waals surface area contributed by atoms with Crippen molar-refractivity contribution in [3.05, 3.63) is 29.0 Å². The fourth-order valence-corrected chi connectivity index (χ4v) is 0.836. The number of rotatable bonds is 0. The van der Waals surface area contributed by atoms with Crippen LogP contribution in [0.5, 0.6) is 0 Å². The highest BCUT2D eigenvalue weighted by molar-refractivity contribution is 6.44. The maximum absolute atomic E-state index is 12.3. The molecule has 1 aromatic rings. The molecule has 45 valence electrons. The van der Waals surface area contributed by atoms with Gasteiger partial charge in [0.25, 0.3) is 0 Å². The molecule has 0 atom stereocenters. The SMILES string of the molecule is Fc1ccc(Cl)c([Si])c1. The van der Waals surface area contributed by atoms with Crippen molar-refractivity contribution in [2.45, 2.75) is 0 Å². The van der Waals surface area contributed by atoms with Crippen LogP contribution in [0.4, 0.5) is 4.39 Å². The second-order valence-corrected chi connectivity index (χ2v) is 2.57. The third kappa shape index (κ3) is 1.53. The maximum Gasteiger partial charge on any atom is 0.123 e. The summed E-state index contributed by atoms with van der Waals surface area (Å²) in [5.74, 6) is -0.288. The summed E-state index contributed by atoms with van der Waals surface area (Å²) in [4.78, 5) is 0. The van der Waals surface area contributed by atoms with Crippen LogP contribution in [0, 0.1) is 5.82 Å². The Hall–Kier alpha value is -0.343. The second-order valence-electron chi connectivity index (χ2n) is 1.62. The van der Waals surface area contributed by atoms with Crippen LogP contribution in [0.1, 0.15) is 0 Å². The minimum atomic E-state index is -0.288. The van der Waals surface area contributed by atoms with Crippen molar-refractivity contribution in [1.29, 1.82) is 0 Å². The standard InChI is InChI=1S/C6H3ClFSi/c7-5-2-1-4(8)3-6(5)9/h1-3H. The Morgan fingerprint density at radius 2 is 2.11 bits per heavy atom. The summed E-state index contributed by atoms with van der Waals surface area (Å²) in [5.41, 5.74) is 0. The zero-order valence-electron chi connectivity index (χ0n) is 4.49. The quantitative estimate of drug-likeness (QED) is 0.498. The minimum absolute atomic E-state index is 0.288. The fourth-order valence-electron chi connectivity index (χ4n) is 0.497. The van der Waals surface area contributed by atoms with E-state index in [2.05, 4.69) is 10.2 Å². The lowest BCUT2D eigenvalue weighted by Crippen LogP contribution is -2.03. The van der Waals surface area contributed by atoms with Gasteiger partial charge in [-0.1, -0.05) is 11.6 Å². The molecule has 0 saturated carbocycles. The van der Waals surface area contributed by atoms with E-state index in [9.17, 15) is 4.39 Å². The van der Waals surface area contributed by atoms with Crippen LogP contribution in [0.25, 0.3) is 0 Å². The fraction of sp³-hybridized carbons (Fsp3) is 0. The predicted molar refractivity (Wildman–Crippen MR) is 36.8 cm³/mol. The summed E-state index contributed by atoms with van der Waals surface area (Å²) in [7, 11) is 3.12. The van der Waals surface area contributed by atoms with Gasteiger partial charge in [0.05, 0.1) is 10.2 Å². The van der Waals surface area contributed by atoms with E-state index in [4.69, 9.17) is 11.6 Å². The van der Waals surface area contributed by atoms with Crippen molar-refractivity contribution in [3.63, 3.8) is 0 Å². The van der Waals surface area contributed by atoms with Crippen LogP contribution in [0.15, 0.2) is 18.2 Å². The molecule has 0 N–H and O–H groups in total. The summed E-state index contributed by atoms with van der Waals surface area (Å²) < 4.78 is 12.3. The van der Waals surface area contributed by atoms with Gasteiger partial charge in [-0.2, -0.15) is 0 Å². The molecule has 1 aromatic carbocycles. The van der Waals surface area contributed by atoms with E-state index in [-0.39, 0.29) is 5.82 Å². The van der Waals surface area contributed by atoms with E-state index in [0.717, 1.165) is 0 Å². The van der Waals surface area contributed by atoms with E-state index >= 15 is 0 Å². The van der Waals surface area contributed by atoms with Crippen LogP contribution in [0.3, 0.4) is 0 Å². The van der Waals surface area contributed by atoms with Crippen molar-refractivity contribution in [3.8, 4) is 0 Å². The molecule has 1 rings (SSSR count). The van der Waals surface area contributed by atoms with Gasteiger partial charge in [0.1, 0.15) is 5.82 Å². The molecule has 0 heterocycles. The summed E-state index contributed by atoms with van der Waals surface area (Å²) in [6.45, 7) is 0. The normalized spacial score (nSPS) is 9.67. The van der Waals surface area contributed by atoms with Crippen LogP contribution in [-0.2, 0) is 0 Å². The van der Waals surface area contributed by atoms with Crippen molar-refractivity contribution in [2.24, 2.45) is 0 Å². The molecular formula is C6H3ClFSi. The molecule has 0 aliphatic carbocycles. The van der Waals surface area contributed by atoms with Gasteiger partial charge in [0.15, 0.2) is 0 Å². The highest BCUT2D eigenvalue weighted by Gasteiger charge is 1.93. The van der Waals surface area contributed by atoms with Gasteiger partial charge in [-0.15, -0.1) is 0 Å². The molecular weight excluding hydrogens is 155 g/mol. The Balaban J connectivity index is 3.17. The number of hydrogen-bond donors (Lipinski definition) is 0. The molecule has 0 aromatic heterocycles. The smallest absolute Gasteiger partial charge is 0.123 e. The Kier molecular flexibility index (Phi) is 1.88. The zero-order valence-corrected chi connectivity index (χ0v) is 6.24. The van der Waals surface area contributed by atoms with Gasteiger partial charge < -0.3 is 0 Å². The van der Waals surface area contributed by atoms with Gasteiger partial charge in [0, 0.05) is 5.02 Å². The molecule has 0 bridgehead atoms. The lowest BCUT2D eigenvalue weighted by atomic mass is 10.3. The lowest BCUT2D eigenvalue weighted by molar-refractivity contribution is 0.629. The molecule has 0 saturated heterocycles. The molecule has 0 nitrogen and oxygen atoms in total. The Morgan fingerprint density at radius 1 is 1.44 bits per heavy atom. The molecule has 3 radical (unpaired) electrons. The van der Waals surface area contributed by atoms with Gasteiger partial charge >= 0.3 is 0 Å². The number of halogens is 2. The van der Waals surface area contributed by atoms with Crippen molar-refractivity contribution in [2.75, 3.05) is 0 Å². The summed E-state index contributed by atoms with van der Waals surface area (Å²) in [5, 5.41) is 1.10. The monoisotopic (exact) mass is 157 g/mol. The van der Waals surface area contributed by atoms with E-state index in [1.807, 2.05) is 0 Å². The van der Waals surface area contributed by atoms with Gasteiger partial charge in [-0.25, -0.2) is 4.39 Å². The van der Waals surface area contributed by atoms with Crippen LogP contribution in [0.2, 0.25) is 5.02 Å². The second kappa shape index (κ2) is 2.50. The molecule has 0 spiro atoms. The topological polar surface area (TPSA) is 0 Å². The minimum Gasteiger partial charge on any atom is -0.207 e. The van der Waals surface area contributed by atoms with E-state index in [1.165, 1.54) is 18.2 Å². The van der Waals surface area contributed by atoms with Crippen molar-refractivity contribution < 1.29 is 4.39 Å². The van der Waals surface area contributed by atoms with Crippen LogP contribution < -0.4 is 5.19 Å². The van der Waals surface area contributed by atoms with E-state index in [1.54, 1.807) is 0 Å². The van der Waals surface area contributed by atoms with Gasteiger partial charge in [-0.3, -0.25) is 0 Å². The predicted octanol–water partition coefficient (Wildman–Crippen LogP) is 1.27. The first-order valence-corrected chi connectivity index (χ1v) is 3.24. The summed E-state index contributed by atoms with van der Waals surface area (Å²) in [6.07, 6.45) is 0. The Labute approximate surface area is 61.1 Å². The molecule has 0 aliphatic heterocycles. The molecule has 0 fully saturated rings. The first kappa shape index (κ1) is 6.77. The molecule has 0 unspecified atom stereocenters. The maximum atomic E-state index is 12.3. The lowest BCUT2D eigenvalue weighted by Gasteiger charge is -1.93. The molecule has 3 heteroatoms. The number of benzene rings is 1. The number of hydrogen-bond acceptors (Lipinski definition) is 0. The highest BCUT2D eigenvalue weighted by Crippen LogP contribution is 2.04. The van der Waals surface area contributed by atoms with Crippen LogP contribution in [-0.4, -0.2) is 10.2 Å². The summed E-state index contributed by atoms with van der Waals surface area (Å²) in [6, 6.07) is 4.13. The van der Waals surface area contributed by atoms with Gasteiger partial charge in [-0.05, 0) is 23.4 Å². The molecule has 0 aliphatic rings. The zero-order chi connectivity index (χ0) is 6.85. The molecule has 9 heavy (non-hydrogen) atoms.